The lowest BCUT2D eigenvalue weighted by Gasteiger charge is -2.31. The molecule has 2 aliphatic rings. The molecule has 7 heteroatoms. The molecule has 1 saturated heterocycles. The Hall–Kier alpha value is -1.89. The van der Waals surface area contributed by atoms with Gasteiger partial charge in [-0.25, -0.2) is 4.79 Å². The molecule has 2 atom stereocenters. The van der Waals surface area contributed by atoms with Crippen LogP contribution >= 0.6 is 11.3 Å². The number of imide groups is 1. The average molecular weight is 349 g/mol. The lowest BCUT2D eigenvalue weighted by atomic mass is 9.80. The highest BCUT2D eigenvalue weighted by atomic mass is 32.1. The number of urea groups is 1. The van der Waals surface area contributed by atoms with Crippen LogP contribution in [0.15, 0.2) is 11.4 Å². The Morgan fingerprint density at radius 2 is 2.17 bits per heavy atom. The zero-order valence-corrected chi connectivity index (χ0v) is 15.0. The number of hydrogen-bond donors (Lipinski definition) is 2. The first-order valence-corrected chi connectivity index (χ1v) is 9.23. The number of fused-ring (bicyclic) bond motifs is 2. The minimum atomic E-state index is -0.978. The molecule has 1 aromatic rings. The summed E-state index contributed by atoms with van der Waals surface area (Å²) in [6.07, 6.45) is 2.37. The molecule has 0 bridgehead atoms. The van der Waals surface area contributed by atoms with Crippen molar-refractivity contribution in [2.24, 2.45) is 5.92 Å². The van der Waals surface area contributed by atoms with Crippen LogP contribution in [0.25, 0.3) is 0 Å². The van der Waals surface area contributed by atoms with Gasteiger partial charge in [0.1, 0.15) is 12.1 Å². The Labute approximate surface area is 145 Å². The number of amides is 4. The highest BCUT2D eigenvalue weighted by molar-refractivity contribution is 7.10. The Morgan fingerprint density at radius 1 is 1.42 bits per heavy atom. The third kappa shape index (κ3) is 2.70. The zero-order chi connectivity index (χ0) is 17.5. The Morgan fingerprint density at radius 3 is 2.88 bits per heavy atom. The predicted octanol–water partition coefficient (Wildman–Crippen LogP) is 1.99. The van der Waals surface area contributed by atoms with Gasteiger partial charge in [0.05, 0.1) is 0 Å². The van der Waals surface area contributed by atoms with Crippen molar-refractivity contribution in [3.05, 3.63) is 21.9 Å². The zero-order valence-electron chi connectivity index (χ0n) is 14.2. The van der Waals surface area contributed by atoms with Gasteiger partial charge in [0, 0.05) is 16.5 Å². The van der Waals surface area contributed by atoms with Crippen molar-refractivity contribution in [3.63, 3.8) is 0 Å². The largest absolute Gasteiger partial charge is 0.352 e. The van der Waals surface area contributed by atoms with Crippen molar-refractivity contribution >= 4 is 29.2 Å². The van der Waals surface area contributed by atoms with Crippen LogP contribution in [0, 0.1) is 5.92 Å². The van der Waals surface area contributed by atoms with Crippen molar-refractivity contribution in [2.75, 3.05) is 6.54 Å². The summed E-state index contributed by atoms with van der Waals surface area (Å²) in [5.74, 6) is -0.326. The highest BCUT2D eigenvalue weighted by Crippen LogP contribution is 2.41. The molecule has 1 aliphatic heterocycles. The molecule has 0 radical (unpaired) electrons. The van der Waals surface area contributed by atoms with E-state index in [1.807, 2.05) is 32.2 Å². The van der Waals surface area contributed by atoms with Gasteiger partial charge in [-0.1, -0.05) is 13.8 Å². The molecule has 0 unspecified atom stereocenters. The molecule has 24 heavy (non-hydrogen) atoms. The molecule has 0 saturated carbocycles. The summed E-state index contributed by atoms with van der Waals surface area (Å²) in [6, 6.07) is 1.43. The van der Waals surface area contributed by atoms with E-state index >= 15 is 0 Å². The van der Waals surface area contributed by atoms with Crippen LogP contribution in [0.5, 0.6) is 0 Å². The standard InChI is InChI=1S/C17H23N3O3S/c1-10(2)11(3)18-14(21)9-20-15(22)17(19-16(20)23)7-4-5-13-12(17)6-8-24-13/h6,8,10-11H,4-5,7,9H2,1-3H3,(H,18,21)(H,19,23)/t11-,17+/m0/s1. The predicted molar refractivity (Wildman–Crippen MR) is 91.6 cm³/mol. The van der Waals surface area contributed by atoms with Gasteiger partial charge in [0.15, 0.2) is 0 Å². The number of hydrogen-bond acceptors (Lipinski definition) is 4. The average Bonchev–Trinajstić information content (AvgIpc) is 3.08. The lowest BCUT2D eigenvalue weighted by Crippen LogP contribution is -2.47. The fourth-order valence-corrected chi connectivity index (χ4v) is 4.29. The van der Waals surface area contributed by atoms with E-state index in [0.29, 0.717) is 6.42 Å². The molecule has 6 nitrogen and oxygen atoms in total. The van der Waals surface area contributed by atoms with Gasteiger partial charge < -0.3 is 10.6 Å². The molecule has 2 heterocycles. The van der Waals surface area contributed by atoms with Crippen LogP contribution in [0.2, 0.25) is 0 Å². The first kappa shape index (κ1) is 17.0. The van der Waals surface area contributed by atoms with E-state index in [4.69, 9.17) is 0 Å². The van der Waals surface area contributed by atoms with E-state index in [1.165, 1.54) is 0 Å². The second kappa shape index (κ2) is 6.20. The molecular formula is C17H23N3O3S. The van der Waals surface area contributed by atoms with E-state index in [1.54, 1.807) is 11.3 Å². The van der Waals surface area contributed by atoms with E-state index in [9.17, 15) is 14.4 Å². The van der Waals surface area contributed by atoms with Crippen molar-refractivity contribution in [1.82, 2.24) is 15.5 Å². The molecule has 4 amide bonds. The lowest BCUT2D eigenvalue weighted by molar-refractivity contribution is -0.135. The van der Waals surface area contributed by atoms with E-state index < -0.39 is 11.6 Å². The van der Waals surface area contributed by atoms with Crippen molar-refractivity contribution in [3.8, 4) is 0 Å². The monoisotopic (exact) mass is 349 g/mol. The summed E-state index contributed by atoms with van der Waals surface area (Å²) in [4.78, 5) is 39.7. The van der Waals surface area contributed by atoms with Gasteiger partial charge in [0.25, 0.3) is 5.91 Å². The first-order valence-electron chi connectivity index (χ1n) is 8.35. The van der Waals surface area contributed by atoms with Crippen molar-refractivity contribution in [1.29, 1.82) is 0 Å². The maximum Gasteiger partial charge on any atom is 0.325 e. The fourth-order valence-electron chi connectivity index (χ4n) is 3.29. The summed E-state index contributed by atoms with van der Waals surface area (Å²) in [5, 5.41) is 7.65. The number of rotatable bonds is 4. The summed E-state index contributed by atoms with van der Waals surface area (Å²) in [6.45, 7) is 5.69. The van der Waals surface area contributed by atoms with Gasteiger partial charge in [-0.2, -0.15) is 0 Å². The fraction of sp³-hybridized carbons (Fsp3) is 0.588. The third-order valence-corrected chi connectivity index (χ3v) is 6.01. The summed E-state index contributed by atoms with van der Waals surface area (Å²) < 4.78 is 0. The van der Waals surface area contributed by atoms with Gasteiger partial charge in [0.2, 0.25) is 5.91 Å². The number of thiophene rings is 1. The second-order valence-corrected chi connectivity index (χ2v) is 7.94. The SMILES string of the molecule is CC(C)[C@H](C)NC(=O)CN1C(=O)N[C@@]2(CCCc3sccc32)C1=O. The first-order chi connectivity index (χ1) is 11.3. The molecule has 3 rings (SSSR count). The van der Waals surface area contributed by atoms with Crippen molar-refractivity contribution < 1.29 is 14.4 Å². The molecular weight excluding hydrogens is 326 g/mol. The second-order valence-electron chi connectivity index (χ2n) is 6.94. The summed E-state index contributed by atoms with van der Waals surface area (Å²) in [7, 11) is 0. The molecule has 130 valence electrons. The molecule has 1 aromatic heterocycles. The molecule has 0 aromatic carbocycles. The summed E-state index contributed by atoms with van der Waals surface area (Å²) in [5.41, 5.74) is -0.0789. The molecule has 1 fully saturated rings. The number of carbonyl (C=O) groups is 3. The summed E-state index contributed by atoms with van der Waals surface area (Å²) >= 11 is 1.61. The van der Waals surface area contributed by atoms with Gasteiger partial charge in [-0.3, -0.25) is 14.5 Å². The smallest absolute Gasteiger partial charge is 0.325 e. The Bertz CT molecular complexity index is 684. The third-order valence-electron chi connectivity index (χ3n) is 5.03. The normalized spacial score (nSPS) is 24.2. The molecule has 1 spiro atoms. The van der Waals surface area contributed by atoms with Gasteiger partial charge in [-0.15, -0.1) is 11.3 Å². The number of nitrogens with zero attached hydrogens (tertiary/aromatic N) is 1. The highest BCUT2D eigenvalue weighted by Gasteiger charge is 2.54. The van der Waals surface area contributed by atoms with Crippen LogP contribution in [-0.2, 0) is 21.5 Å². The van der Waals surface area contributed by atoms with Crippen LogP contribution in [0.1, 0.15) is 44.1 Å². The molecule has 2 N–H and O–H groups in total. The maximum absolute atomic E-state index is 13.0. The minimum Gasteiger partial charge on any atom is -0.352 e. The van der Waals surface area contributed by atoms with Crippen LogP contribution in [-0.4, -0.2) is 35.3 Å². The van der Waals surface area contributed by atoms with Gasteiger partial charge >= 0.3 is 6.03 Å². The Balaban J connectivity index is 1.78. The van der Waals surface area contributed by atoms with E-state index in [-0.39, 0.29) is 30.3 Å². The van der Waals surface area contributed by atoms with Gasteiger partial charge in [-0.05, 0) is 43.6 Å². The Kier molecular flexibility index (Phi) is 4.38. The minimum absolute atomic E-state index is 0.00890. The van der Waals surface area contributed by atoms with Crippen LogP contribution in [0.3, 0.4) is 0 Å². The van der Waals surface area contributed by atoms with Crippen LogP contribution in [0.4, 0.5) is 4.79 Å². The maximum atomic E-state index is 13.0. The molecule has 1 aliphatic carbocycles. The number of aryl methyl sites for hydroxylation is 1. The van der Waals surface area contributed by atoms with E-state index in [0.717, 1.165) is 28.2 Å². The topological polar surface area (TPSA) is 78.5 Å². The van der Waals surface area contributed by atoms with Crippen molar-refractivity contribution in [2.45, 2.75) is 51.6 Å². The van der Waals surface area contributed by atoms with E-state index in [2.05, 4.69) is 10.6 Å². The quantitative estimate of drug-likeness (QED) is 0.816. The number of nitrogens with one attached hydrogen (secondary N) is 2. The number of carbonyl (C=O) groups excluding carboxylic acids is 3. The van der Waals surface area contributed by atoms with Crippen LogP contribution < -0.4 is 10.6 Å².